The fourth-order valence-electron chi connectivity index (χ4n) is 3.57. The van der Waals surface area contributed by atoms with Crippen LogP contribution in [0.15, 0.2) is 52.4 Å². The zero-order chi connectivity index (χ0) is 22.8. The standard InChI is InChI=1S/C23H23ClN4O3S/c1-13(2)10-18-22(30)28-21(26-18)15-6-4-5-7-17(15)27-23(28)32-12-20(29)25-14-8-9-19(31-3)16(24)11-14/h4-9,11,13,18H,10,12H2,1-3H3,(H,25,29)/t18-/m1/s1. The molecule has 0 unspecified atom stereocenters. The van der Waals surface area contributed by atoms with Crippen LogP contribution in [0.4, 0.5) is 11.4 Å². The van der Waals surface area contributed by atoms with Crippen LogP contribution in [-0.2, 0) is 9.59 Å². The number of rotatable bonds is 6. The van der Waals surface area contributed by atoms with Crippen LogP contribution in [0.25, 0.3) is 0 Å². The van der Waals surface area contributed by atoms with Gasteiger partial charge in [0.2, 0.25) is 5.91 Å². The van der Waals surface area contributed by atoms with Gasteiger partial charge in [-0.2, -0.15) is 0 Å². The lowest BCUT2D eigenvalue weighted by atomic mass is 10.0. The van der Waals surface area contributed by atoms with Gasteiger partial charge in [-0.25, -0.2) is 9.89 Å². The molecule has 0 fully saturated rings. The van der Waals surface area contributed by atoms with E-state index in [1.54, 1.807) is 23.1 Å². The van der Waals surface area contributed by atoms with E-state index in [2.05, 4.69) is 24.2 Å². The molecule has 0 radical (unpaired) electrons. The van der Waals surface area contributed by atoms with Crippen molar-refractivity contribution >= 4 is 57.6 Å². The molecule has 2 aromatic rings. The van der Waals surface area contributed by atoms with E-state index in [0.29, 0.717) is 39.8 Å². The molecule has 2 heterocycles. The van der Waals surface area contributed by atoms with Crippen LogP contribution in [0.2, 0.25) is 5.02 Å². The number of amides is 2. The van der Waals surface area contributed by atoms with Crippen molar-refractivity contribution in [2.24, 2.45) is 15.9 Å². The average Bonchev–Trinajstić information content (AvgIpc) is 3.08. The van der Waals surface area contributed by atoms with Gasteiger partial charge in [0.05, 0.1) is 23.6 Å². The fourth-order valence-corrected chi connectivity index (χ4v) is 4.63. The van der Waals surface area contributed by atoms with Crippen molar-refractivity contribution in [1.29, 1.82) is 0 Å². The summed E-state index contributed by atoms with van der Waals surface area (Å²) in [5.74, 6) is 1.22. The Morgan fingerprint density at radius 3 is 2.78 bits per heavy atom. The van der Waals surface area contributed by atoms with Crippen LogP contribution >= 0.6 is 23.4 Å². The molecule has 2 aliphatic heterocycles. The number of thioether (sulfide) groups is 1. The van der Waals surface area contributed by atoms with Gasteiger partial charge in [0.15, 0.2) is 5.17 Å². The van der Waals surface area contributed by atoms with Crippen LogP contribution < -0.4 is 10.1 Å². The summed E-state index contributed by atoms with van der Waals surface area (Å²) in [7, 11) is 1.53. The summed E-state index contributed by atoms with van der Waals surface area (Å²) in [6.07, 6.45) is 0.664. The van der Waals surface area contributed by atoms with E-state index in [1.807, 2.05) is 24.3 Å². The summed E-state index contributed by atoms with van der Waals surface area (Å²) < 4.78 is 5.13. The normalized spacial score (nSPS) is 17.0. The van der Waals surface area contributed by atoms with Crippen molar-refractivity contribution in [3.05, 3.63) is 53.1 Å². The van der Waals surface area contributed by atoms with Gasteiger partial charge in [-0.05, 0) is 42.7 Å². The molecule has 0 aliphatic carbocycles. The molecule has 0 bridgehead atoms. The van der Waals surface area contributed by atoms with E-state index >= 15 is 0 Å². The number of aliphatic imine (C=N–C) groups is 2. The van der Waals surface area contributed by atoms with Crippen molar-refractivity contribution in [3.63, 3.8) is 0 Å². The van der Waals surface area contributed by atoms with Crippen molar-refractivity contribution in [3.8, 4) is 5.75 Å². The van der Waals surface area contributed by atoms with Gasteiger partial charge >= 0.3 is 0 Å². The Hall–Kier alpha value is -2.84. The van der Waals surface area contributed by atoms with Crippen LogP contribution in [0, 0.1) is 5.92 Å². The number of nitrogens with one attached hydrogen (secondary N) is 1. The molecular weight excluding hydrogens is 448 g/mol. The highest BCUT2D eigenvalue weighted by atomic mass is 35.5. The van der Waals surface area contributed by atoms with Crippen molar-refractivity contribution < 1.29 is 14.3 Å². The number of benzene rings is 2. The Kier molecular flexibility index (Phi) is 6.53. The second kappa shape index (κ2) is 9.34. The maximum absolute atomic E-state index is 13.1. The zero-order valence-corrected chi connectivity index (χ0v) is 19.5. The number of methoxy groups -OCH3 is 1. The number of hydrogen-bond acceptors (Lipinski definition) is 6. The van der Waals surface area contributed by atoms with E-state index in [9.17, 15) is 9.59 Å². The van der Waals surface area contributed by atoms with Crippen molar-refractivity contribution in [2.75, 3.05) is 18.2 Å². The van der Waals surface area contributed by atoms with Gasteiger partial charge < -0.3 is 10.1 Å². The molecule has 0 saturated carbocycles. The first-order chi connectivity index (χ1) is 15.4. The quantitative estimate of drug-likeness (QED) is 0.661. The maximum Gasteiger partial charge on any atom is 0.259 e. The lowest BCUT2D eigenvalue weighted by molar-refractivity contribution is -0.125. The number of fused-ring (bicyclic) bond motifs is 3. The van der Waals surface area contributed by atoms with Crippen LogP contribution in [-0.4, -0.2) is 46.6 Å². The predicted octanol–water partition coefficient (Wildman–Crippen LogP) is 4.73. The van der Waals surface area contributed by atoms with E-state index in [1.165, 1.54) is 18.9 Å². The third kappa shape index (κ3) is 4.52. The topological polar surface area (TPSA) is 83.4 Å². The highest BCUT2D eigenvalue weighted by Gasteiger charge is 2.41. The van der Waals surface area contributed by atoms with Crippen LogP contribution in [0.3, 0.4) is 0 Å². The molecule has 0 aromatic heterocycles. The zero-order valence-electron chi connectivity index (χ0n) is 18.0. The minimum Gasteiger partial charge on any atom is -0.495 e. The third-order valence-corrected chi connectivity index (χ3v) is 6.24. The Morgan fingerprint density at radius 2 is 2.06 bits per heavy atom. The number of hydrogen-bond donors (Lipinski definition) is 1. The number of anilines is 1. The first kappa shape index (κ1) is 22.4. The van der Waals surface area contributed by atoms with Crippen molar-refractivity contribution in [1.82, 2.24) is 4.90 Å². The molecule has 2 aliphatic rings. The molecule has 2 aromatic carbocycles. The highest BCUT2D eigenvalue weighted by Crippen LogP contribution is 2.34. The van der Waals surface area contributed by atoms with E-state index in [-0.39, 0.29) is 17.6 Å². The Labute approximate surface area is 195 Å². The monoisotopic (exact) mass is 470 g/mol. The lowest BCUT2D eigenvalue weighted by Crippen LogP contribution is -2.41. The SMILES string of the molecule is COc1ccc(NC(=O)CSC2=Nc3ccccc3C3=N[C@H](CC(C)C)C(=O)N23)cc1Cl. The van der Waals surface area contributed by atoms with Crippen molar-refractivity contribution in [2.45, 2.75) is 26.3 Å². The molecule has 9 heteroatoms. The Bertz CT molecular complexity index is 1130. The van der Waals surface area contributed by atoms with Gasteiger partial charge in [0, 0.05) is 11.3 Å². The Balaban J connectivity index is 1.51. The fraction of sp³-hybridized carbons (Fsp3) is 0.304. The summed E-state index contributed by atoms with van der Waals surface area (Å²) in [6, 6.07) is 12.2. The van der Waals surface area contributed by atoms with Crippen LogP contribution in [0.5, 0.6) is 5.75 Å². The number of para-hydroxylation sites is 1. The summed E-state index contributed by atoms with van der Waals surface area (Å²) in [5, 5.41) is 3.68. The molecule has 7 nitrogen and oxygen atoms in total. The van der Waals surface area contributed by atoms with Gasteiger partial charge in [-0.1, -0.05) is 49.3 Å². The number of carbonyl (C=O) groups excluding carboxylic acids is 2. The molecule has 4 rings (SSSR count). The highest BCUT2D eigenvalue weighted by molar-refractivity contribution is 8.14. The molecule has 1 atom stereocenters. The van der Waals surface area contributed by atoms with Gasteiger partial charge in [-0.3, -0.25) is 14.6 Å². The number of nitrogens with zero attached hydrogens (tertiary/aromatic N) is 3. The molecule has 32 heavy (non-hydrogen) atoms. The number of halogens is 1. The van der Waals surface area contributed by atoms with E-state index in [4.69, 9.17) is 21.3 Å². The maximum atomic E-state index is 13.1. The summed E-state index contributed by atoms with van der Waals surface area (Å²) in [5.41, 5.74) is 2.13. The molecule has 166 valence electrons. The van der Waals surface area contributed by atoms with Gasteiger partial charge in [0.25, 0.3) is 5.91 Å². The summed E-state index contributed by atoms with van der Waals surface area (Å²) in [4.78, 5) is 36.6. The third-order valence-electron chi connectivity index (χ3n) is 5.01. The number of ether oxygens (including phenoxy) is 1. The average molecular weight is 471 g/mol. The summed E-state index contributed by atoms with van der Waals surface area (Å²) >= 11 is 7.33. The molecular formula is C23H23ClN4O3S. The second-order valence-corrected chi connectivity index (χ2v) is 9.22. The molecule has 1 N–H and O–H groups in total. The molecule has 0 saturated heterocycles. The van der Waals surface area contributed by atoms with E-state index in [0.717, 1.165) is 11.3 Å². The smallest absolute Gasteiger partial charge is 0.259 e. The number of carbonyl (C=O) groups is 2. The molecule has 2 amide bonds. The first-order valence-corrected chi connectivity index (χ1v) is 11.6. The summed E-state index contributed by atoms with van der Waals surface area (Å²) in [6.45, 7) is 4.14. The van der Waals surface area contributed by atoms with E-state index < -0.39 is 6.04 Å². The Morgan fingerprint density at radius 1 is 1.28 bits per heavy atom. The molecule has 0 spiro atoms. The van der Waals surface area contributed by atoms with Crippen LogP contribution in [0.1, 0.15) is 25.8 Å². The minimum atomic E-state index is -0.433. The van der Waals surface area contributed by atoms with Gasteiger partial charge in [-0.15, -0.1) is 0 Å². The minimum absolute atomic E-state index is 0.0799. The van der Waals surface area contributed by atoms with Gasteiger partial charge in [0.1, 0.15) is 17.6 Å². The largest absolute Gasteiger partial charge is 0.495 e. The predicted molar refractivity (Wildman–Crippen MR) is 129 cm³/mol. The number of amidine groups is 2. The second-order valence-electron chi connectivity index (χ2n) is 7.87. The lowest BCUT2D eigenvalue weighted by Gasteiger charge is -2.25. The first-order valence-electron chi connectivity index (χ1n) is 10.2.